The van der Waals surface area contributed by atoms with Gasteiger partial charge in [0.25, 0.3) is 5.91 Å². The highest BCUT2D eigenvalue weighted by Gasteiger charge is 2.17. The molecule has 0 spiro atoms. The van der Waals surface area contributed by atoms with Crippen LogP contribution in [0.5, 0.6) is 23.0 Å². The summed E-state index contributed by atoms with van der Waals surface area (Å²) in [6.07, 6.45) is 0.831. The molecule has 3 rings (SSSR count). The van der Waals surface area contributed by atoms with Crippen LogP contribution in [0.15, 0.2) is 36.4 Å². The highest BCUT2D eigenvalue weighted by Crippen LogP contribution is 2.34. The first-order chi connectivity index (χ1) is 11.7. The third-order valence-electron chi connectivity index (χ3n) is 3.65. The summed E-state index contributed by atoms with van der Waals surface area (Å²) in [5, 5.41) is 2.84. The largest absolute Gasteiger partial charge is 0.493 e. The molecule has 0 radical (unpaired) electrons. The zero-order valence-corrected chi connectivity index (χ0v) is 13.6. The summed E-state index contributed by atoms with van der Waals surface area (Å²) in [5.41, 5.74) is 1.01. The number of carbonyl (C=O) groups excluding carboxylic acids is 1. The lowest BCUT2D eigenvalue weighted by atomic mass is 10.1. The third kappa shape index (κ3) is 3.22. The van der Waals surface area contributed by atoms with E-state index in [1.54, 1.807) is 36.4 Å². The number of anilines is 1. The van der Waals surface area contributed by atoms with Gasteiger partial charge >= 0.3 is 0 Å². The molecule has 0 atom stereocenters. The summed E-state index contributed by atoms with van der Waals surface area (Å²) >= 11 is 0. The lowest BCUT2D eigenvalue weighted by Crippen LogP contribution is -2.13. The fraction of sp³-hybridized carbons (Fsp3) is 0.278. The zero-order chi connectivity index (χ0) is 16.9. The van der Waals surface area contributed by atoms with E-state index in [1.807, 2.05) is 0 Å². The van der Waals surface area contributed by atoms with Crippen molar-refractivity contribution < 1.29 is 23.7 Å². The van der Waals surface area contributed by atoms with Crippen molar-refractivity contribution in [3.63, 3.8) is 0 Å². The number of fused-ring (bicyclic) bond motifs is 1. The lowest BCUT2D eigenvalue weighted by molar-refractivity contribution is 0.102. The highest BCUT2D eigenvalue weighted by molar-refractivity contribution is 6.06. The van der Waals surface area contributed by atoms with Gasteiger partial charge in [0.15, 0.2) is 23.0 Å². The van der Waals surface area contributed by atoms with Crippen LogP contribution < -0.4 is 24.3 Å². The molecular weight excluding hydrogens is 310 g/mol. The number of hydrogen-bond donors (Lipinski definition) is 1. The maximum absolute atomic E-state index is 12.6. The first-order valence-electron chi connectivity index (χ1n) is 7.65. The van der Waals surface area contributed by atoms with Crippen molar-refractivity contribution >= 4 is 11.6 Å². The van der Waals surface area contributed by atoms with E-state index in [1.165, 1.54) is 14.2 Å². The number of hydrogen-bond acceptors (Lipinski definition) is 5. The monoisotopic (exact) mass is 329 g/mol. The normalized spacial score (nSPS) is 12.9. The van der Waals surface area contributed by atoms with Gasteiger partial charge in [-0.25, -0.2) is 0 Å². The molecule has 0 saturated heterocycles. The maximum atomic E-state index is 12.6. The molecule has 1 N–H and O–H groups in total. The van der Waals surface area contributed by atoms with Crippen molar-refractivity contribution in [1.29, 1.82) is 0 Å². The molecule has 126 valence electrons. The van der Waals surface area contributed by atoms with Gasteiger partial charge in [-0.3, -0.25) is 4.79 Å². The van der Waals surface area contributed by atoms with E-state index in [2.05, 4.69) is 5.32 Å². The van der Waals surface area contributed by atoms with E-state index >= 15 is 0 Å². The molecule has 1 aliphatic rings. The Morgan fingerprint density at radius 1 is 1.04 bits per heavy atom. The molecule has 0 unspecified atom stereocenters. The summed E-state index contributed by atoms with van der Waals surface area (Å²) in [4.78, 5) is 12.6. The SMILES string of the molecule is COc1cccc(C(=O)Nc2ccc3c(c2)OCCCO3)c1OC. The van der Waals surface area contributed by atoms with E-state index in [0.29, 0.717) is 47.5 Å². The summed E-state index contributed by atoms with van der Waals surface area (Å²) in [5.74, 6) is 1.92. The van der Waals surface area contributed by atoms with Crippen LogP contribution >= 0.6 is 0 Å². The predicted molar refractivity (Wildman–Crippen MR) is 89.5 cm³/mol. The molecular formula is C18H19NO5. The van der Waals surface area contributed by atoms with E-state index in [-0.39, 0.29) is 5.91 Å². The van der Waals surface area contributed by atoms with E-state index in [0.717, 1.165) is 6.42 Å². The van der Waals surface area contributed by atoms with Crippen molar-refractivity contribution in [2.45, 2.75) is 6.42 Å². The Bertz CT molecular complexity index is 744. The molecule has 6 heteroatoms. The molecule has 0 bridgehead atoms. The van der Waals surface area contributed by atoms with Gasteiger partial charge in [0.2, 0.25) is 0 Å². The predicted octanol–water partition coefficient (Wildman–Crippen LogP) is 3.12. The molecule has 1 heterocycles. The Morgan fingerprint density at radius 2 is 1.83 bits per heavy atom. The van der Waals surface area contributed by atoms with Crippen molar-refractivity contribution in [2.75, 3.05) is 32.8 Å². The Balaban J connectivity index is 1.84. The number of carbonyl (C=O) groups is 1. The standard InChI is InChI=1S/C18H19NO5/c1-21-15-6-3-5-13(17(15)22-2)18(20)19-12-7-8-14-16(11-12)24-10-4-9-23-14/h3,5-8,11H,4,9-10H2,1-2H3,(H,19,20). The molecule has 1 aliphatic heterocycles. The molecule has 24 heavy (non-hydrogen) atoms. The van der Waals surface area contributed by atoms with Crippen molar-refractivity contribution in [3.05, 3.63) is 42.0 Å². The van der Waals surface area contributed by atoms with Gasteiger partial charge in [-0.1, -0.05) is 6.07 Å². The van der Waals surface area contributed by atoms with Crippen LogP contribution in [0.1, 0.15) is 16.8 Å². The number of amides is 1. The smallest absolute Gasteiger partial charge is 0.259 e. The second kappa shape index (κ2) is 7.12. The van der Waals surface area contributed by atoms with E-state index in [9.17, 15) is 4.79 Å². The van der Waals surface area contributed by atoms with Crippen LogP contribution in [0, 0.1) is 0 Å². The minimum Gasteiger partial charge on any atom is -0.493 e. The Kier molecular flexibility index (Phi) is 4.74. The van der Waals surface area contributed by atoms with Gasteiger partial charge in [0.05, 0.1) is 33.0 Å². The summed E-state index contributed by atoms with van der Waals surface area (Å²) < 4.78 is 21.7. The average molecular weight is 329 g/mol. The van der Waals surface area contributed by atoms with Gasteiger partial charge in [-0.15, -0.1) is 0 Å². The van der Waals surface area contributed by atoms with Crippen molar-refractivity contribution in [2.24, 2.45) is 0 Å². The molecule has 0 saturated carbocycles. The Hall–Kier alpha value is -2.89. The summed E-state index contributed by atoms with van der Waals surface area (Å²) in [7, 11) is 3.03. The van der Waals surface area contributed by atoms with Crippen LogP contribution in [0.3, 0.4) is 0 Å². The maximum Gasteiger partial charge on any atom is 0.259 e. The number of rotatable bonds is 4. The quantitative estimate of drug-likeness (QED) is 0.933. The van der Waals surface area contributed by atoms with Crippen LogP contribution in [-0.4, -0.2) is 33.3 Å². The number of nitrogens with one attached hydrogen (secondary N) is 1. The first-order valence-corrected chi connectivity index (χ1v) is 7.65. The minimum atomic E-state index is -0.291. The van der Waals surface area contributed by atoms with Crippen LogP contribution in [0.2, 0.25) is 0 Å². The Morgan fingerprint density at radius 3 is 2.58 bits per heavy atom. The van der Waals surface area contributed by atoms with Crippen LogP contribution in [-0.2, 0) is 0 Å². The molecule has 0 aromatic heterocycles. The van der Waals surface area contributed by atoms with Crippen molar-refractivity contribution in [3.8, 4) is 23.0 Å². The molecule has 6 nitrogen and oxygen atoms in total. The second-order valence-electron chi connectivity index (χ2n) is 5.21. The van der Waals surface area contributed by atoms with Gasteiger partial charge in [0.1, 0.15) is 0 Å². The number of methoxy groups -OCH3 is 2. The summed E-state index contributed by atoms with van der Waals surface area (Å²) in [6.45, 7) is 1.22. The van der Waals surface area contributed by atoms with E-state index in [4.69, 9.17) is 18.9 Å². The molecule has 0 fully saturated rings. The number of benzene rings is 2. The van der Waals surface area contributed by atoms with Gasteiger partial charge in [-0.05, 0) is 24.3 Å². The van der Waals surface area contributed by atoms with Crippen LogP contribution in [0.25, 0.3) is 0 Å². The van der Waals surface area contributed by atoms with E-state index < -0.39 is 0 Å². The van der Waals surface area contributed by atoms with Crippen molar-refractivity contribution in [1.82, 2.24) is 0 Å². The second-order valence-corrected chi connectivity index (χ2v) is 5.21. The average Bonchev–Trinajstić information content (AvgIpc) is 2.85. The fourth-order valence-corrected chi connectivity index (χ4v) is 2.51. The molecule has 2 aromatic rings. The van der Waals surface area contributed by atoms with Gasteiger partial charge < -0.3 is 24.3 Å². The third-order valence-corrected chi connectivity index (χ3v) is 3.65. The Labute approximate surface area is 140 Å². The number of ether oxygens (including phenoxy) is 4. The molecule has 2 aromatic carbocycles. The van der Waals surface area contributed by atoms with Gasteiger partial charge in [-0.2, -0.15) is 0 Å². The molecule has 1 amide bonds. The lowest BCUT2D eigenvalue weighted by Gasteiger charge is -2.13. The van der Waals surface area contributed by atoms with Crippen LogP contribution in [0.4, 0.5) is 5.69 Å². The zero-order valence-electron chi connectivity index (χ0n) is 13.6. The summed E-state index contributed by atoms with van der Waals surface area (Å²) in [6, 6.07) is 10.5. The topological polar surface area (TPSA) is 66.0 Å². The highest BCUT2D eigenvalue weighted by atomic mass is 16.5. The van der Waals surface area contributed by atoms with Gasteiger partial charge in [0, 0.05) is 18.2 Å². The number of para-hydroxylation sites is 1. The first kappa shape index (κ1) is 16.0. The fourth-order valence-electron chi connectivity index (χ4n) is 2.51. The minimum absolute atomic E-state index is 0.291. The molecule has 0 aliphatic carbocycles.